The van der Waals surface area contributed by atoms with Crippen molar-refractivity contribution >= 4 is 34.0 Å². The zero-order valence-corrected chi connectivity index (χ0v) is 13.4. The number of carbonyl (C=O) groups excluding carboxylic acids is 1. The minimum absolute atomic E-state index is 0.222. The highest BCUT2D eigenvalue weighted by atomic mass is 35.5. The maximum Gasteiger partial charge on any atom is 0.265 e. The fourth-order valence-corrected chi connectivity index (χ4v) is 2.50. The molecule has 0 aliphatic carbocycles. The fraction of sp³-hybridized carbons (Fsp3) is 0.105. The summed E-state index contributed by atoms with van der Waals surface area (Å²) in [5.41, 5.74) is 0.650. The highest BCUT2D eigenvalue weighted by Gasteiger charge is 2.15. The number of hydrogen-bond donors (Lipinski definition) is 1. The van der Waals surface area contributed by atoms with Gasteiger partial charge in [-0.3, -0.25) is 4.79 Å². The summed E-state index contributed by atoms with van der Waals surface area (Å²) in [4.78, 5) is 12.2. The van der Waals surface area contributed by atoms with Crippen molar-refractivity contribution in [2.75, 3.05) is 5.32 Å². The molecule has 0 saturated carbocycles. The molecule has 0 heterocycles. The zero-order valence-electron chi connectivity index (χ0n) is 12.6. The molecule has 0 fully saturated rings. The lowest BCUT2D eigenvalue weighted by atomic mass is 10.1. The van der Waals surface area contributed by atoms with Crippen molar-refractivity contribution in [3.8, 4) is 5.75 Å². The molecule has 3 aromatic rings. The third-order valence-corrected chi connectivity index (χ3v) is 3.73. The molecule has 1 amide bonds. The van der Waals surface area contributed by atoms with E-state index in [9.17, 15) is 4.79 Å². The second kappa shape index (κ2) is 6.71. The van der Waals surface area contributed by atoms with Gasteiger partial charge < -0.3 is 10.1 Å². The number of benzene rings is 3. The van der Waals surface area contributed by atoms with E-state index in [0.29, 0.717) is 16.5 Å². The number of nitrogens with one attached hydrogen (secondary N) is 1. The summed E-state index contributed by atoms with van der Waals surface area (Å²) < 4.78 is 5.74. The minimum Gasteiger partial charge on any atom is -0.481 e. The van der Waals surface area contributed by atoms with Gasteiger partial charge in [0.1, 0.15) is 5.75 Å². The highest BCUT2D eigenvalue weighted by molar-refractivity contribution is 6.30. The molecular weight excluding hydrogens is 310 g/mol. The third kappa shape index (κ3) is 3.82. The molecule has 4 heteroatoms. The van der Waals surface area contributed by atoms with E-state index in [0.717, 1.165) is 10.8 Å². The zero-order chi connectivity index (χ0) is 16.2. The summed E-state index contributed by atoms with van der Waals surface area (Å²) in [6.45, 7) is 1.72. The largest absolute Gasteiger partial charge is 0.481 e. The second-order valence-electron chi connectivity index (χ2n) is 5.27. The molecule has 0 bridgehead atoms. The van der Waals surface area contributed by atoms with Crippen molar-refractivity contribution in [2.45, 2.75) is 13.0 Å². The van der Waals surface area contributed by atoms with Gasteiger partial charge in [-0.2, -0.15) is 0 Å². The lowest BCUT2D eigenvalue weighted by Crippen LogP contribution is -2.30. The standard InChI is InChI=1S/C19H16ClNO2/c1-13(19(22)21-17-8-4-7-16(20)12-17)23-18-10-9-14-5-2-3-6-15(14)11-18/h2-13H,1H3,(H,21,22). The predicted octanol–water partition coefficient (Wildman–Crippen LogP) is 4.90. The summed E-state index contributed by atoms with van der Waals surface area (Å²) in [6.07, 6.45) is -0.616. The number of carbonyl (C=O) groups is 1. The van der Waals surface area contributed by atoms with E-state index in [-0.39, 0.29) is 5.91 Å². The average Bonchev–Trinajstić information content (AvgIpc) is 2.54. The molecule has 3 aromatic carbocycles. The number of amides is 1. The van der Waals surface area contributed by atoms with Crippen molar-refractivity contribution in [1.82, 2.24) is 0 Å². The van der Waals surface area contributed by atoms with E-state index in [4.69, 9.17) is 16.3 Å². The van der Waals surface area contributed by atoms with E-state index < -0.39 is 6.10 Å². The van der Waals surface area contributed by atoms with E-state index in [1.165, 1.54) is 0 Å². The molecule has 1 atom stereocenters. The Morgan fingerprint density at radius 2 is 1.78 bits per heavy atom. The minimum atomic E-state index is -0.616. The SMILES string of the molecule is CC(Oc1ccc2ccccc2c1)C(=O)Nc1cccc(Cl)c1. The van der Waals surface area contributed by atoms with Crippen LogP contribution in [0.4, 0.5) is 5.69 Å². The van der Waals surface area contributed by atoms with Crippen LogP contribution in [-0.4, -0.2) is 12.0 Å². The van der Waals surface area contributed by atoms with Crippen LogP contribution < -0.4 is 10.1 Å². The number of ether oxygens (including phenoxy) is 1. The van der Waals surface area contributed by atoms with Crippen LogP contribution in [0.3, 0.4) is 0 Å². The van der Waals surface area contributed by atoms with Crippen LogP contribution in [0.2, 0.25) is 5.02 Å². The maximum atomic E-state index is 12.2. The Hall–Kier alpha value is -2.52. The van der Waals surface area contributed by atoms with Gasteiger partial charge in [0.25, 0.3) is 5.91 Å². The Labute approximate surface area is 139 Å². The number of hydrogen-bond acceptors (Lipinski definition) is 2. The molecule has 3 nitrogen and oxygen atoms in total. The first-order chi connectivity index (χ1) is 11.1. The molecule has 0 saturated heterocycles. The topological polar surface area (TPSA) is 38.3 Å². The molecule has 0 aliphatic heterocycles. The molecule has 116 valence electrons. The van der Waals surface area contributed by atoms with Gasteiger partial charge in [-0.05, 0) is 48.0 Å². The Bertz CT molecular complexity index is 847. The van der Waals surface area contributed by atoms with Crippen LogP contribution >= 0.6 is 11.6 Å². The monoisotopic (exact) mass is 325 g/mol. The van der Waals surface area contributed by atoms with Gasteiger partial charge in [0, 0.05) is 10.7 Å². The van der Waals surface area contributed by atoms with Crippen LogP contribution in [0.15, 0.2) is 66.7 Å². The van der Waals surface area contributed by atoms with Gasteiger partial charge in [0.15, 0.2) is 6.10 Å². The van der Waals surface area contributed by atoms with Crippen molar-refractivity contribution in [3.05, 3.63) is 71.8 Å². The number of halogens is 1. The van der Waals surface area contributed by atoms with Crippen LogP contribution in [0, 0.1) is 0 Å². The van der Waals surface area contributed by atoms with Gasteiger partial charge in [-0.15, -0.1) is 0 Å². The Balaban J connectivity index is 1.69. The van der Waals surface area contributed by atoms with Crippen molar-refractivity contribution < 1.29 is 9.53 Å². The summed E-state index contributed by atoms with van der Waals surface area (Å²) in [5, 5.41) is 5.58. The first-order valence-electron chi connectivity index (χ1n) is 7.34. The van der Waals surface area contributed by atoms with Gasteiger partial charge in [-0.1, -0.05) is 48.0 Å². The third-order valence-electron chi connectivity index (χ3n) is 3.50. The fourth-order valence-electron chi connectivity index (χ4n) is 2.31. The summed E-state index contributed by atoms with van der Waals surface area (Å²) in [7, 11) is 0. The molecule has 3 rings (SSSR count). The van der Waals surface area contributed by atoms with Crippen molar-refractivity contribution in [3.63, 3.8) is 0 Å². The lowest BCUT2D eigenvalue weighted by Gasteiger charge is -2.15. The highest BCUT2D eigenvalue weighted by Crippen LogP contribution is 2.22. The lowest BCUT2D eigenvalue weighted by molar-refractivity contribution is -0.122. The Kier molecular flexibility index (Phi) is 4.49. The molecule has 1 N–H and O–H groups in total. The second-order valence-corrected chi connectivity index (χ2v) is 5.71. The van der Waals surface area contributed by atoms with Gasteiger partial charge in [0.05, 0.1) is 0 Å². The van der Waals surface area contributed by atoms with Gasteiger partial charge in [-0.25, -0.2) is 0 Å². The molecule has 1 unspecified atom stereocenters. The van der Waals surface area contributed by atoms with Crippen LogP contribution in [0.5, 0.6) is 5.75 Å². The van der Waals surface area contributed by atoms with E-state index in [1.807, 2.05) is 42.5 Å². The molecule has 0 aliphatic rings. The normalized spacial score (nSPS) is 11.9. The predicted molar refractivity (Wildman–Crippen MR) is 94.1 cm³/mol. The molecular formula is C19H16ClNO2. The summed E-state index contributed by atoms with van der Waals surface area (Å²) >= 11 is 5.91. The number of anilines is 1. The molecule has 0 spiro atoms. The Morgan fingerprint density at radius 3 is 2.57 bits per heavy atom. The number of rotatable bonds is 4. The number of fused-ring (bicyclic) bond motifs is 1. The van der Waals surface area contributed by atoms with Crippen LogP contribution in [0.1, 0.15) is 6.92 Å². The van der Waals surface area contributed by atoms with Crippen molar-refractivity contribution in [1.29, 1.82) is 0 Å². The average molecular weight is 326 g/mol. The first kappa shape index (κ1) is 15.4. The van der Waals surface area contributed by atoms with Gasteiger partial charge >= 0.3 is 0 Å². The molecule has 0 radical (unpaired) electrons. The quantitative estimate of drug-likeness (QED) is 0.741. The smallest absolute Gasteiger partial charge is 0.265 e. The van der Waals surface area contributed by atoms with E-state index in [2.05, 4.69) is 5.32 Å². The van der Waals surface area contributed by atoms with Gasteiger partial charge in [0.2, 0.25) is 0 Å². The van der Waals surface area contributed by atoms with Crippen molar-refractivity contribution in [2.24, 2.45) is 0 Å². The maximum absolute atomic E-state index is 12.2. The van der Waals surface area contributed by atoms with Crippen LogP contribution in [0.25, 0.3) is 10.8 Å². The van der Waals surface area contributed by atoms with E-state index >= 15 is 0 Å². The van der Waals surface area contributed by atoms with Crippen LogP contribution in [-0.2, 0) is 4.79 Å². The molecule has 23 heavy (non-hydrogen) atoms. The molecule has 0 aromatic heterocycles. The Morgan fingerprint density at radius 1 is 1.00 bits per heavy atom. The van der Waals surface area contributed by atoms with E-state index in [1.54, 1.807) is 31.2 Å². The first-order valence-corrected chi connectivity index (χ1v) is 7.71. The summed E-state index contributed by atoms with van der Waals surface area (Å²) in [5.74, 6) is 0.442. The summed E-state index contributed by atoms with van der Waals surface area (Å²) in [6, 6.07) is 20.8.